The normalized spacial score (nSPS) is 12.4. The molecule has 1 atom stereocenters. The van der Waals surface area contributed by atoms with E-state index in [1.165, 1.54) is 0 Å². The van der Waals surface area contributed by atoms with Crippen LogP contribution in [0.4, 0.5) is 0 Å². The highest BCUT2D eigenvalue weighted by atomic mass is 16.4. The van der Waals surface area contributed by atoms with E-state index in [0.717, 1.165) is 5.69 Å². The van der Waals surface area contributed by atoms with Crippen LogP contribution < -0.4 is 5.73 Å². The number of hydrogen-bond acceptors (Lipinski definition) is 3. The smallest absolute Gasteiger partial charge is 0.303 e. The average Bonchev–Trinajstić information content (AvgIpc) is 2.16. The number of pyridine rings is 1. The van der Waals surface area contributed by atoms with Crippen LogP contribution in [-0.4, -0.2) is 22.1 Å². The van der Waals surface area contributed by atoms with E-state index in [-0.39, 0.29) is 12.5 Å². The lowest BCUT2D eigenvalue weighted by atomic mass is 10.1. The summed E-state index contributed by atoms with van der Waals surface area (Å²) in [5, 5.41) is 8.46. The minimum atomic E-state index is -0.804. The zero-order valence-electron chi connectivity index (χ0n) is 7.89. The standard InChI is InChI=1S/C10H14N2O2/c11-8(4-5-10(13)14)7-9-3-1-2-6-12-9/h1-3,6,8H,4-5,7,11H2,(H,13,14). The van der Waals surface area contributed by atoms with Gasteiger partial charge in [0.1, 0.15) is 0 Å². The van der Waals surface area contributed by atoms with Gasteiger partial charge in [0.25, 0.3) is 0 Å². The second kappa shape index (κ2) is 5.34. The molecule has 0 aliphatic carbocycles. The number of carboxylic acids is 1. The summed E-state index contributed by atoms with van der Waals surface area (Å²) in [7, 11) is 0. The van der Waals surface area contributed by atoms with Crippen molar-refractivity contribution in [1.29, 1.82) is 0 Å². The summed E-state index contributed by atoms with van der Waals surface area (Å²) in [6.07, 6.45) is 2.95. The number of carbonyl (C=O) groups is 1. The molecule has 0 aliphatic rings. The Balaban J connectivity index is 2.34. The van der Waals surface area contributed by atoms with Gasteiger partial charge in [0.05, 0.1) is 0 Å². The SMILES string of the molecule is NC(CCC(=O)O)Cc1ccccn1. The van der Waals surface area contributed by atoms with Crippen LogP contribution >= 0.6 is 0 Å². The van der Waals surface area contributed by atoms with Crippen molar-refractivity contribution in [2.75, 3.05) is 0 Å². The number of nitrogens with two attached hydrogens (primary N) is 1. The zero-order valence-corrected chi connectivity index (χ0v) is 7.89. The predicted octanol–water partition coefficient (Wildman–Crippen LogP) is 0.816. The van der Waals surface area contributed by atoms with Crippen molar-refractivity contribution in [3.05, 3.63) is 30.1 Å². The van der Waals surface area contributed by atoms with E-state index >= 15 is 0 Å². The summed E-state index contributed by atoms with van der Waals surface area (Å²) in [5.41, 5.74) is 6.66. The Hall–Kier alpha value is -1.42. The highest BCUT2D eigenvalue weighted by Crippen LogP contribution is 2.02. The van der Waals surface area contributed by atoms with Crippen molar-refractivity contribution in [3.8, 4) is 0 Å². The summed E-state index contributed by atoms with van der Waals surface area (Å²) >= 11 is 0. The highest BCUT2D eigenvalue weighted by molar-refractivity contribution is 5.66. The van der Waals surface area contributed by atoms with E-state index in [1.807, 2.05) is 18.2 Å². The average molecular weight is 194 g/mol. The maximum absolute atomic E-state index is 10.3. The summed E-state index contributed by atoms with van der Waals surface area (Å²) < 4.78 is 0. The summed E-state index contributed by atoms with van der Waals surface area (Å²) in [6.45, 7) is 0. The number of hydrogen-bond donors (Lipinski definition) is 2. The molecular formula is C10H14N2O2. The second-order valence-corrected chi connectivity index (χ2v) is 3.22. The molecule has 0 saturated heterocycles. The van der Waals surface area contributed by atoms with Crippen molar-refractivity contribution in [3.63, 3.8) is 0 Å². The zero-order chi connectivity index (χ0) is 10.4. The maximum Gasteiger partial charge on any atom is 0.303 e. The van der Waals surface area contributed by atoms with Crippen LogP contribution in [-0.2, 0) is 11.2 Å². The molecule has 1 aromatic rings. The van der Waals surface area contributed by atoms with Gasteiger partial charge < -0.3 is 10.8 Å². The molecule has 1 rings (SSSR count). The third-order valence-electron chi connectivity index (χ3n) is 1.93. The van der Waals surface area contributed by atoms with Gasteiger partial charge in [-0.25, -0.2) is 0 Å². The van der Waals surface area contributed by atoms with Crippen LogP contribution in [0.15, 0.2) is 24.4 Å². The molecule has 76 valence electrons. The molecule has 0 saturated carbocycles. The molecule has 0 spiro atoms. The van der Waals surface area contributed by atoms with Crippen molar-refractivity contribution in [1.82, 2.24) is 4.98 Å². The Kier molecular flexibility index (Phi) is 4.07. The van der Waals surface area contributed by atoms with E-state index in [4.69, 9.17) is 10.8 Å². The van der Waals surface area contributed by atoms with Gasteiger partial charge in [-0.1, -0.05) is 6.07 Å². The first-order valence-electron chi connectivity index (χ1n) is 4.56. The molecule has 1 unspecified atom stereocenters. The Labute approximate surface area is 82.8 Å². The first-order valence-corrected chi connectivity index (χ1v) is 4.56. The fourth-order valence-corrected chi connectivity index (χ4v) is 1.20. The molecule has 4 nitrogen and oxygen atoms in total. The Morgan fingerprint density at radius 3 is 2.93 bits per heavy atom. The lowest BCUT2D eigenvalue weighted by molar-refractivity contribution is -0.137. The van der Waals surface area contributed by atoms with E-state index in [2.05, 4.69) is 4.98 Å². The third kappa shape index (κ3) is 4.00. The van der Waals surface area contributed by atoms with E-state index < -0.39 is 5.97 Å². The number of aliphatic carboxylic acids is 1. The van der Waals surface area contributed by atoms with Gasteiger partial charge >= 0.3 is 5.97 Å². The quantitative estimate of drug-likeness (QED) is 0.727. The molecule has 0 bridgehead atoms. The Bertz CT molecular complexity index is 287. The first kappa shape index (κ1) is 10.7. The maximum atomic E-state index is 10.3. The van der Waals surface area contributed by atoms with Crippen LogP contribution in [0.2, 0.25) is 0 Å². The topological polar surface area (TPSA) is 76.2 Å². The molecular weight excluding hydrogens is 180 g/mol. The van der Waals surface area contributed by atoms with E-state index in [0.29, 0.717) is 12.8 Å². The molecule has 0 aromatic carbocycles. The van der Waals surface area contributed by atoms with Crippen LogP contribution in [0.3, 0.4) is 0 Å². The molecule has 3 N–H and O–H groups in total. The number of rotatable bonds is 5. The van der Waals surface area contributed by atoms with Crippen LogP contribution in [0.5, 0.6) is 0 Å². The summed E-state index contributed by atoms with van der Waals surface area (Å²) in [6, 6.07) is 5.50. The first-order chi connectivity index (χ1) is 6.68. The van der Waals surface area contributed by atoms with Crippen LogP contribution in [0.25, 0.3) is 0 Å². The summed E-state index contributed by atoms with van der Waals surface area (Å²) in [4.78, 5) is 14.4. The van der Waals surface area contributed by atoms with Crippen molar-refractivity contribution < 1.29 is 9.90 Å². The molecule has 0 aliphatic heterocycles. The number of carboxylic acid groups (broad SMARTS) is 1. The predicted molar refractivity (Wildman–Crippen MR) is 52.8 cm³/mol. The highest BCUT2D eigenvalue weighted by Gasteiger charge is 2.06. The molecule has 1 heterocycles. The largest absolute Gasteiger partial charge is 0.481 e. The minimum absolute atomic E-state index is 0.119. The summed E-state index contributed by atoms with van der Waals surface area (Å²) in [5.74, 6) is -0.804. The molecule has 0 radical (unpaired) electrons. The second-order valence-electron chi connectivity index (χ2n) is 3.22. The molecule has 4 heteroatoms. The van der Waals surface area contributed by atoms with Gasteiger partial charge in [-0.2, -0.15) is 0 Å². The molecule has 1 aromatic heterocycles. The van der Waals surface area contributed by atoms with Gasteiger partial charge in [-0.15, -0.1) is 0 Å². The van der Waals surface area contributed by atoms with Gasteiger partial charge in [-0.05, 0) is 18.6 Å². The lowest BCUT2D eigenvalue weighted by Crippen LogP contribution is -2.24. The van der Waals surface area contributed by atoms with Gasteiger partial charge in [0.2, 0.25) is 0 Å². The number of nitrogens with zero attached hydrogens (tertiary/aromatic N) is 1. The van der Waals surface area contributed by atoms with E-state index in [9.17, 15) is 4.79 Å². The monoisotopic (exact) mass is 194 g/mol. The van der Waals surface area contributed by atoms with Crippen molar-refractivity contribution in [2.45, 2.75) is 25.3 Å². The molecule has 0 fully saturated rings. The lowest BCUT2D eigenvalue weighted by Gasteiger charge is -2.08. The van der Waals surface area contributed by atoms with Gasteiger partial charge in [0.15, 0.2) is 0 Å². The fraction of sp³-hybridized carbons (Fsp3) is 0.400. The van der Waals surface area contributed by atoms with Gasteiger partial charge in [0, 0.05) is 30.8 Å². The minimum Gasteiger partial charge on any atom is -0.481 e. The third-order valence-corrected chi connectivity index (χ3v) is 1.93. The Morgan fingerprint density at radius 2 is 2.36 bits per heavy atom. The Morgan fingerprint density at radius 1 is 1.57 bits per heavy atom. The van der Waals surface area contributed by atoms with Crippen molar-refractivity contribution in [2.24, 2.45) is 5.73 Å². The molecule has 0 amide bonds. The molecule has 14 heavy (non-hydrogen) atoms. The number of aromatic nitrogens is 1. The van der Waals surface area contributed by atoms with E-state index in [1.54, 1.807) is 6.20 Å². The van der Waals surface area contributed by atoms with Gasteiger partial charge in [-0.3, -0.25) is 9.78 Å². The fourth-order valence-electron chi connectivity index (χ4n) is 1.20. The van der Waals surface area contributed by atoms with Crippen molar-refractivity contribution >= 4 is 5.97 Å². The van der Waals surface area contributed by atoms with Crippen LogP contribution in [0, 0.1) is 0 Å². The van der Waals surface area contributed by atoms with Crippen LogP contribution in [0.1, 0.15) is 18.5 Å².